The highest BCUT2D eigenvalue weighted by Crippen LogP contribution is 2.24. The summed E-state index contributed by atoms with van der Waals surface area (Å²) in [4.78, 5) is 16.8. The van der Waals surface area contributed by atoms with E-state index in [1.165, 1.54) is 0 Å². The van der Waals surface area contributed by atoms with Gasteiger partial charge in [-0.2, -0.15) is 5.26 Å². The molecule has 0 bridgehead atoms. The number of methoxy groups -OCH3 is 1. The Morgan fingerprint density at radius 3 is 2.64 bits per heavy atom. The van der Waals surface area contributed by atoms with E-state index in [1.54, 1.807) is 37.5 Å². The van der Waals surface area contributed by atoms with Crippen molar-refractivity contribution in [1.82, 2.24) is 4.90 Å². The van der Waals surface area contributed by atoms with Gasteiger partial charge in [-0.1, -0.05) is 11.6 Å². The van der Waals surface area contributed by atoms with E-state index in [1.807, 2.05) is 29.2 Å². The number of nitriles is 1. The second-order valence-electron chi connectivity index (χ2n) is 6.54. The lowest BCUT2D eigenvalue weighted by Crippen LogP contribution is -2.34. The molecule has 1 saturated heterocycles. The summed E-state index contributed by atoms with van der Waals surface area (Å²) in [5.74, 6) is 0.653. The fraction of sp³-hybridized carbons (Fsp3) is 0.273. The van der Waals surface area contributed by atoms with E-state index in [2.05, 4.69) is 11.0 Å². The zero-order chi connectivity index (χ0) is 19.9. The minimum Gasteiger partial charge on any atom is -0.496 e. The lowest BCUT2D eigenvalue weighted by molar-refractivity contribution is -0.125. The van der Waals surface area contributed by atoms with Gasteiger partial charge in [-0.05, 0) is 55.0 Å². The minimum atomic E-state index is -0.0243. The Balaban J connectivity index is 1.64. The van der Waals surface area contributed by atoms with Crippen molar-refractivity contribution in [3.63, 3.8) is 0 Å². The van der Waals surface area contributed by atoms with Crippen LogP contribution in [0.25, 0.3) is 6.08 Å². The van der Waals surface area contributed by atoms with Crippen LogP contribution >= 0.6 is 11.6 Å². The maximum absolute atomic E-state index is 12.6. The highest BCUT2D eigenvalue weighted by Gasteiger charge is 2.18. The Morgan fingerprint density at radius 1 is 1.14 bits per heavy atom. The third kappa shape index (κ3) is 4.85. The molecular formula is C22H22ClN3O2. The molecule has 0 atom stereocenters. The zero-order valence-corrected chi connectivity index (χ0v) is 16.5. The van der Waals surface area contributed by atoms with Gasteiger partial charge in [-0.25, -0.2) is 0 Å². The van der Waals surface area contributed by atoms with E-state index in [0.717, 1.165) is 30.8 Å². The van der Waals surface area contributed by atoms with Crippen molar-refractivity contribution in [1.29, 1.82) is 5.26 Å². The molecule has 0 saturated carbocycles. The van der Waals surface area contributed by atoms with Crippen LogP contribution in [0.1, 0.15) is 17.5 Å². The van der Waals surface area contributed by atoms with Crippen LogP contribution < -0.4 is 9.64 Å². The lowest BCUT2D eigenvalue weighted by Gasteiger charge is -2.23. The number of anilines is 1. The number of benzene rings is 2. The number of carbonyl (C=O) groups is 1. The van der Waals surface area contributed by atoms with Crippen molar-refractivity contribution < 1.29 is 9.53 Å². The van der Waals surface area contributed by atoms with Crippen LogP contribution in [-0.2, 0) is 4.79 Å². The second-order valence-corrected chi connectivity index (χ2v) is 6.98. The van der Waals surface area contributed by atoms with E-state index in [-0.39, 0.29) is 5.91 Å². The standard InChI is InChI=1S/C22H22ClN3O2/c1-28-21-9-6-19(23)15-18(21)5-10-22(27)26-12-2-11-25(13-14-26)20-7-3-17(16-24)4-8-20/h3-10,15H,2,11-14H2,1H3/b10-5+. The number of carbonyl (C=O) groups excluding carboxylic acids is 1. The van der Waals surface area contributed by atoms with Crippen molar-refractivity contribution in [2.24, 2.45) is 0 Å². The van der Waals surface area contributed by atoms with Crippen LogP contribution in [0, 0.1) is 11.3 Å². The normalized spacial score (nSPS) is 14.6. The summed E-state index contributed by atoms with van der Waals surface area (Å²) >= 11 is 6.04. The molecule has 0 spiro atoms. The zero-order valence-electron chi connectivity index (χ0n) is 15.8. The number of hydrogen-bond acceptors (Lipinski definition) is 4. The van der Waals surface area contributed by atoms with Crippen molar-refractivity contribution in [3.05, 3.63) is 64.7 Å². The number of nitrogens with zero attached hydrogens (tertiary/aromatic N) is 3. The fourth-order valence-electron chi connectivity index (χ4n) is 3.24. The predicted octanol–water partition coefficient (Wildman–Crippen LogP) is 3.97. The van der Waals surface area contributed by atoms with Crippen LogP contribution in [0.3, 0.4) is 0 Å². The highest BCUT2D eigenvalue weighted by molar-refractivity contribution is 6.30. The summed E-state index contributed by atoms with van der Waals surface area (Å²) in [6, 6.07) is 15.0. The highest BCUT2D eigenvalue weighted by atomic mass is 35.5. The van der Waals surface area contributed by atoms with E-state index >= 15 is 0 Å². The van der Waals surface area contributed by atoms with Crippen molar-refractivity contribution >= 4 is 29.3 Å². The molecule has 5 nitrogen and oxygen atoms in total. The quantitative estimate of drug-likeness (QED) is 0.735. The number of halogens is 1. The summed E-state index contributed by atoms with van der Waals surface area (Å²) in [7, 11) is 1.59. The average Bonchev–Trinajstić information content (AvgIpc) is 2.98. The maximum atomic E-state index is 12.6. The monoisotopic (exact) mass is 395 g/mol. The summed E-state index contributed by atoms with van der Waals surface area (Å²) in [6.07, 6.45) is 4.21. The molecule has 1 aliphatic rings. The van der Waals surface area contributed by atoms with Crippen LogP contribution in [0.4, 0.5) is 5.69 Å². The van der Waals surface area contributed by atoms with Crippen LogP contribution in [0.5, 0.6) is 5.75 Å². The molecule has 2 aromatic carbocycles. The molecule has 28 heavy (non-hydrogen) atoms. The molecule has 0 N–H and O–H groups in total. The fourth-order valence-corrected chi connectivity index (χ4v) is 3.43. The van der Waals surface area contributed by atoms with Crippen molar-refractivity contribution in [2.75, 3.05) is 38.2 Å². The van der Waals surface area contributed by atoms with Gasteiger partial charge in [0.05, 0.1) is 18.7 Å². The SMILES string of the molecule is COc1ccc(Cl)cc1/C=C/C(=O)N1CCCN(c2ccc(C#N)cc2)CC1. The Bertz CT molecular complexity index is 903. The minimum absolute atomic E-state index is 0.0243. The molecule has 0 unspecified atom stereocenters. The van der Waals surface area contributed by atoms with E-state index < -0.39 is 0 Å². The first-order chi connectivity index (χ1) is 13.6. The van der Waals surface area contributed by atoms with Gasteiger partial charge in [-0.3, -0.25) is 4.79 Å². The molecule has 1 amide bonds. The van der Waals surface area contributed by atoms with Crippen molar-refractivity contribution in [2.45, 2.75) is 6.42 Å². The summed E-state index contributed by atoms with van der Waals surface area (Å²) in [5, 5.41) is 9.53. The van der Waals surface area contributed by atoms with Gasteiger partial charge >= 0.3 is 0 Å². The smallest absolute Gasteiger partial charge is 0.246 e. The molecule has 0 radical (unpaired) electrons. The topological polar surface area (TPSA) is 56.6 Å². The third-order valence-electron chi connectivity index (χ3n) is 4.77. The van der Waals surface area contributed by atoms with Crippen LogP contribution in [0.15, 0.2) is 48.5 Å². The van der Waals surface area contributed by atoms with Gasteiger partial charge in [0.15, 0.2) is 0 Å². The molecule has 144 valence electrons. The largest absolute Gasteiger partial charge is 0.496 e. The number of hydrogen-bond donors (Lipinski definition) is 0. The average molecular weight is 396 g/mol. The van der Waals surface area contributed by atoms with E-state index in [4.69, 9.17) is 21.6 Å². The van der Waals surface area contributed by atoms with Gasteiger partial charge in [-0.15, -0.1) is 0 Å². The summed E-state index contributed by atoms with van der Waals surface area (Å²) < 4.78 is 5.32. The first kappa shape index (κ1) is 19.8. The van der Waals surface area contributed by atoms with Gasteiger partial charge in [0, 0.05) is 48.5 Å². The molecule has 0 aliphatic carbocycles. The van der Waals surface area contributed by atoms with Crippen molar-refractivity contribution in [3.8, 4) is 11.8 Å². The Morgan fingerprint density at radius 2 is 1.93 bits per heavy atom. The predicted molar refractivity (Wildman–Crippen MR) is 112 cm³/mol. The second kappa shape index (κ2) is 9.29. The molecule has 2 aromatic rings. The molecule has 1 fully saturated rings. The van der Waals surface area contributed by atoms with Gasteiger partial charge in [0.25, 0.3) is 0 Å². The molecule has 0 aromatic heterocycles. The molecular weight excluding hydrogens is 374 g/mol. The summed E-state index contributed by atoms with van der Waals surface area (Å²) in [6.45, 7) is 2.99. The van der Waals surface area contributed by atoms with Crippen LogP contribution in [-0.4, -0.2) is 44.1 Å². The van der Waals surface area contributed by atoms with E-state index in [9.17, 15) is 4.79 Å². The van der Waals surface area contributed by atoms with Gasteiger partial charge in [0.1, 0.15) is 5.75 Å². The molecule has 1 heterocycles. The lowest BCUT2D eigenvalue weighted by atomic mass is 10.2. The molecule has 3 rings (SSSR count). The third-order valence-corrected chi connectivity index (χ3v) is 5.00. The summed E-state index contributed by atoms with van der Waals surface area (Å²) in [5.41, 5.74) is 2.50. The number of amides is 1. The number of ether oxygens (including phenoxy) is 1. The molecule has 6 heteroatoms. The van der Waals surface area contributed by atoms with Gasteiger partial charge in [0.2, 0.25) is 5.91 Å². The first-order valence-electron chi connectivity index (χ1n) is 9.16. The Labute approximate surface area is 170 Å². The van der Waals surface area contributed by atoms with Gasteiger partial charge < -0.3 is 14.5 Å². The van der Waals surface area contributed by atoms with E-state index in [0.29, 0.717) is 29.4 Å². The number of rotatable bonds is 4. The first-order valence-corrected chi connectivity index (χ1v) is 9.54. The Hall–Kier alpha value is -2.97. The molecule has 1 aliphatic heterocycles. The van der Waals surface area contributed by atoms with Crippen LogP contribution in [0.2, 0.25) is 5.02 Å². The maximum Gasteiger partial charge on any atom is 0.246 e. The Kier molecular flexibility index (Phi) is 6.57.